The molecule has 0 unspecified atom stereocenters. The summed E-state index contributed by atoms with van der Waals surface area (Å²) in [6.07, 6.45) is 3.30. The van der Waals surface area contributed by atoms with E-state index in [-0.39, 0.29) is 18.4 Å². The number of nitrogens with zero attached hydrogens (tertiary/aromatic N) is 2. The largest absolute Gasteiger partial charge is 0.470 e. The maximum Gasteiger partial charge on any atom is 0.273 e. The highest BCUT2D eigenvalue weighted by Gasteiger charge is 2.43. The van der Waals surface area contributed by atoms with E-state index >= 15 is 0 Å². The van der Waals surface area contributed by atoms with E-state index in [1.54, 1.807) is 12.1 Å². The highest BCUT2D eigenvalue weighted by Crippen LogP contribution is 2.35. The number of piperidine rings is 1. The van der Waals surface area contributed by atoms with Crippen LogP contribution in [0.25, 0.3) is 11.3 Å². The molecule has 1 saturated carbocycles. The van der Waals surface area contributed by atoms with Gasteiger partial charge in [-0.2, -0.15) is 5.26 Å². The van der Waals surface area contributed by atoms with Crippen LogP contribution in [0.3, 0.4) is 0 Å². The molecule has 1 aromatic heterocycles. The number of fused-ring (bicyclic) bond motifs is 2. The first-order chi connectivity index (χ1) is 14.1. The molecule has 1 aromatic carbocycles. The normalized spacial score (nSPS) is 23.6. The van der Waals surface area contributed by atoms with Crippen LogP contribution in [0, 0.1) is 23.1 Å². The second kappa shape index (κ2) is 8.47. The van der Waals surface area contributed by atoms with E-state index in [1.165, 1.54) is 17.4 Å². The number of nitriles is 1. The van der Waals surface area contributed by atoms with E-state index in [0.717, 1.165) is 19.3 Å². The van der Waals surface area contributed by atoms with Crippen LogP contribution in [-0.2, 0) is 11.2 Å². The Hall–Kier alpha value is -2.50. The third-order valence-electron chi connectivity index (χ3n) is 5.64. The van der Waals surface area contributed by atoms with Crippen LogP contribution in [0.1, 0.15) is 31.7 Å². The molecular weight excluding hydrogens is 391 g/mol. The molecule has 1 aliphatic heterocycles. The van der Waals surface area contributed by atoms with E-state index in [0.29, 0.717) is 40.6 Å². The first-order valence-electron chi connectivity index (χ1n) is 9.90. The Labute approximate surface area is 173 Å². The second-order valence-electron chi connectivity index (χ2n) is 7.55. The van der Waals surface area contributed by atoms with Crippen molar-refractivity contribution in [3.8, 4) is 22.5 Å². The number of amides is 1. The molecule has 8 heteroatoms. The van der Waals surface area contributed by atoms with Gasteiger partial charge in [-0.1, -0.05) is 23.5 Å². The number of thiazole rings is 1. The Bertz CT molecular complexity index is 941. The van der Waals surface area contributed by atoms with Gasteiger partial charge in [0.25, 0.3) is 5.19 Å². The third-order valence-corrected chi connectivity index (χ3v) is 6.39. The van der Waals surface area contributed by atoms with Gasteiger partial charge in [-0.3, -0.25) is 4.79 Å². The molecule has 2 aromatic rings. The Morgan fingerprint density at radius 2 is 2.38 bits per heavy atom. The number of ether oxygens (including phenoxy) is 1. The first-order valence-corrected chi connectivity index (χ1v) is 10.8. The fourth-order valence-corrected chi connectivity index (χ4v) is 4.95. The number of nitrogens with one attached hydrogen (secondary N) is 2. The Kier molecular flexibility index (Phi) is 5.79. The van der Waals surface area contributed by atoms with Crippen molar-refractivity contribution in [3.63, 3.8) is 0 Å². The Morgan fingerprint density at radius 1 is 1.52 bits per heavy atom. The summed E-state index contributed by atoms with van der Waals surface area (Å²) in [5.74, 6) is -0.234. The van der Waals surface area contributed by atoms with Gasteiger partial charge < -0.3 is 15.4 Å². The van der Waals surface area contributed by atoms with E-state index in [9.17, 15) is 14.4 Å². The highest BCUT2D eigenvalue weighted by molar-refractivity contribution is 7.11. The van der Waals surface area contributed by atoms with Crippen molar-refractivity contribution in [1.82, 2.24) is 15.6 Å². The fraction of sp³-hybridized carbons (Fsp3) is 0.476. The smallest absolute Gasteiger partial charge is 0.273 e. The quantitative estimate of drug-likeness (QED) is 0.727. The molecule has 2 fully saturated rings. The number of benzene rings is 1. The molecule has 1 aliphatic carbocycles. The summed E-state index contributed by atoms with van der Waals surface area (Å²) in [4.78, 5) is 16.9. The lowest BCUT2D eigenvalue weighted by Gasteiger charge is -2.23. The second-order valence-corrected chi connectivity index (χ2v) is 8.37. The zero-order valence-corrected chi connectivity index (χ0v) is 17.0. The number of halogens is 1. The van der Waals surface area contributed by atoms with Crippen molar-refractivity contribution in [2.45, 2.75) is 50.7 Å². The van der Waals surface area contributed by atoms with Gasteiger partial charge in [0.15, 0.2) is 0 Å². The summed E-state index contributed by atoms with van der Waals surface area (Å²) in [7, 11) is 0. The Balaban J connectivity index is 1.41. The van der Waals surface area contributed by atoms with Crippen LogP contribution in [0.2, 0.25) is 0 Å². The summed E-state index contributed by atoms with van der Waals surface area (Å²) in [5, 5.41) is 17.9. The SMILES string of the molecule is CCOc1nc(-c2ccc(C[C@@H](C#N)NC(=O)[C@H]3N[C@@H]4CC[C@H]3C4)c(F)c2)cs1. The van der Waals surface area contributed by atoms with Crippen molar-refractivity contribution in [2.75, 3.05) is 6.61 Å². The zero-order valence-electron chi connectivity index (χ0n) is 16.2. The topological polar surface area (TPSA) is 87.0 Å². The van der Waals surface area contributed by atoms with Crippen molar-refractivity contribution >= 4 is 17.2 Å². The van der Waals surface area contributed by atoms with Gasteiger partial charge in [0.05, 0.1) is 24.4 Å². The van der Waals surface area contributed by atoms with Crippen LogP contribution < -0.4 is 15.4 Å². The van der Waals surface area contributed by atoms with Gasteiger partial charge in [-0.05, 0) is 43.7 Å². The minimum atomic E-state index is -0.771. The lowest BCUT2D eigenvalue weighted by Crippen LogP contribution is -2.50. The molecule has 6 nitrogen and oxygen atoms in total. The third kappa shape index (κ3) is 4.26. The molecule has 1 amide bonds. The average molecular weight is 415 g/mol. The average Bonchev–Trinajstić information content (AvgIpc) is 3.46. The molecule has 2 heterocycles. The number of hydrogen-bond acceptors (Lipinski definition) is 6. The summed E-state index contributed by atoms with van der Waals surface area (Å²) in [5.41, 5.74) is 1.69. The summed E-state index contributed by atoms with van der Waals surface area (Å²) in [6.45, 7) is 2.41. The molecule has 4 rings (SSSR count). The van der Waals surface area contributed by atoms with Gasteiger partial charge in [0.1, 0.15) is 11.9 Å². The lowest BCUT2D eigenvalue weighted by molar-refractivity contribution is -0.124. The van der Waals surface area contributed by atoms with Crippen molar-refractivity contribution in [2.24, 2.45) is 5.92 Å². The molecule has 2 bridgehead atoms. The van der Waals surface area contributed by atoms with Crippen LogP contribution in [-0.4, -0.2) is 35.6 Å². The van der Waals surface area contributed by atoms with Gasteiger partial charge in [-0.15, -0.1) is 0 Å². The summed E-state index contributed by atoms with van der Waals surface area (Å²) in [6, 6.07) is 6.33. The molecule has 2 N–H and O–H groups in total. The number of rotatable bonds is 7. The van der Waals surface area contributed by atoms with Crippen molar-refractivity contribution in [1.29, 1.82) is 5.26 Å². The predicted octanol–water partition coefficient (Wildman–Crippen LogP) is 3.04. The standard InChI is InChI=1S/C21H23FN4O2S/c1-2-28-21-26-18(11-29-21)13-4-3-12(17(22)9-13)7-16(10-23)25-20(27)19-14-5-6-15(8-14)24-19/h3-4,9,11,14-16,19,24H,2,5-8H2,1H3,(H,25,27)/t14-,15+,16-,19-/m0/s1. The lowest BCUT2D eigenvalue weighted by atomic mass is 9.98. The summed E-state index contributed by atoms with van der Waals surface area (Å²) < 4.78 is 20.0. The predicted molar refractivity (Wildman–Crippen MR) is 108 cm³/mol. The number of carbonyl (C=O) groups excluding carboxylic acids is 1. The monoisotopic (exact) mass is 414 g/mol. The molecule has 4 atom stereocenters. The Morgan fingerprint density at radius 3 is 3.03 bits per heavy atom. The minimum Gasteiger partial charge on any atom is -0.470 e. The molecule has 0 spiro atoms. The van der Waals surface area contributed by atoms with Crippen LogP contribution in [0.4, 0.5) is 4.39 Å². The van der Waals surface area contributed by atoms with E-state index in [2.05, 4.69) is 21.7 Å². The van der Waals surface area contributed by atoms with Gasteiger partial charge in [-0.25, -0.2) is 9.37 Å². The number of hydrogen-bond donors (Lipinski definition) is 2. The zero-order chi connectivity index (χ0) is 20.4. The maximum absolute atomic E-state index is 14.7. The number of aromatic nitrogens is 1. The maximum atomic E-state index is 14.7. The molecule has 152 valence electrons. The number of carbonyl (C=O) groups is 1. The fourth-order valence-electron chi connectivity index (χ4n) is 4.21. The molecule has 2 aliphatic rings. The highest BCUT2D eigenvalue weighted by atomic mass is 32.1. The molecule has 29 heavy (non-hydrogen) atoms. The minimum absolute atomic E-state index is 0.121. The van der Waals surface area contributed by atoms with Crippen LogP contribution in [0.5, 0.6) is 5.19 Å². The van der Waals surface area contributed by atoms with E-state index in [1.807, 2.05) is 12.3 Å². The van der Waals surface area contributed by atoms with Crippen molar-refractivity contribution < 1.29 is 13.9 Å². The molecule has 1 saturated heterocycles. The summed E-state index contributed by atoms with van der Waals surface area (Å²) >= 11 is 1.36. The first kappa shape index (κ1) is 19.8. The van der Waals surface area contributed by atoms with E-state index < -0.39 is 11.9 Å². The molecule has 0 radical (unpaired) electrons. The van der Waals surface area contributed by atoms with E-state index in [4.69, 9.17) is 4.74 Å². The van der Waals surface area contributed by atoms with Gasteiger partial charge in [0.2, 0.25) is 5.91 Å². The van der Waals surface area contributed by atoms with Crippen molar-refractivity contribution in [3.05, 3.63) is 35.0 Å². The van der Waals surface area contributed by atoms with Gasteiger partial charge in [0, 0.05) is 23.4 Å². The van der Waals surface area contributed by atoms with Gasteiger partial charge >= 0.3 is 0 Å². The van der Waals surface area contributed by atoms with Crippen LogP contribution in [0.15, 0.2) is 23.6 Å². The van der Waals surface area contributed by atoms with Crippen LogP contribution >= 0.6 is 11.3 Å². The molecular formula is C21H23FN4O2S.